The van der Waals surface area contributed by atoms with Crippen LogP contribution in [0.1, 0.15) is 21.3 Å². The maximum atomic E-state index is 12.9. The number of aryl methyl sites for hydroxylation is 1. The molecule has 2 aliphatic rings. The quantitative estimate of drug-likeness (QED) is 0.285. The first-order chi connectivity index (χ1) is 17.8. The van der Waals surface area contributed by atoms with Crippen LogP contribution in [0, 0.1) is 6.92 Å². The fourth-order valence-corrected chi connectivity index (χ4v) is 7.18. The lowest BCUT2D eigenvalue weighted by atomic mass is 10.0. The monoisotopic (exact) mass is 578 g/mol. The summed E-state index contributed by atoms with van der Waals surface area (Å²) in [6.07, 6.45) is 0. The summed E-state index contributed by atoms with van der Waals surface area (Å²) in [6.45, 7) is 1.95. The van der Waals surface area contributed by atoms with E-state index in [1.807, 2.05) is 6.92 Å². The Balaban J connectivity index is 1.20. The number of nitrogens with zero attached hydrogens (tertiary/aromatic N) is 3. The second-order valence-electron chi connectivity index (χ2n) is 8.00. The first-order valence-corrected chi connectivity index (χ1v) is 14.1. The van der Waals surface area contributed by atoms with E-state index in [2.05, 4.69) is 15.5 Å². The average molecular weight is 579 g/mol. The number of benzene rings is 1. The number of amides is 2. The van der Waals surface area contributed by atoms with E-state index in [9.17, 15) is 19.5 Å². The minimum atomic E-state index is -1.18. The number of thioether (sulfide) groups is 2. The highest BCUT2D eigenvalue weighted by Crippen LogP contribution is 2.42. The number of hydrogen-bond donors (Lipinski definition) is 2. The Morgan fingerprint density at radius 3 is 2.76 bits per heavy atom. The van der Waals surface area contributed by atoms with Crippen molar-refractivity contribution >= 4 is 64.2 Å². The molecule has 2 amide bonds. The van der Waals surface area contributed by atoms with Crippen LogP contribution in [0.2, 0.25) is 5.02 Å². The molecule has 2 aliphatic heterocycles. The molecule has 2 aromatic heterocycles. The normalized spacial score (nSPS) is 18.9. The third-order valence-electron chi connectivity index (χ3n) is 5.49. The maximum Gasteiger partial charge on any atom is 0.352 e. The Morgan fingerprint density at radius 2 is 2.05 bits per heavy atom. The number of carbonyl (C=O) groups excluding carboxylic acids is 2. The molecule has 1 aromatic carbocycles. The van der Waals surface area contributed by atoms with Gasteiger partial charge in [-0.05, 0) is 48.9 Å². The van der Waals surface area contributed by atoms with Crippen LogP contribution in [0.5, 0.6) is 5.75 Å². The van der Waals surface area contributed by atoms with Gasteiger partial charge in [-0.1, -0.05) is 34.7 Å². The number of aromatic nitrogens is 2. The highest BCUT2D eigenvalue weighted by atomic mass is 35.5. The molecule has 0 radical (unpaired) electrons. The van der Waals surface area contributed by atoms with E-state index in [4.69, 9.17) is 20.8 Å². The molecule has 1 fully saturated rings. The zero-order chi connectivity index (χ0) is 26.1. The summed E-state index contributed by atoms with van der Waals surface area (Å²) in [5.74, 6) is -0.369. The lowest BCUT2D eigenvalue weighted by Crippen LogP contribution is -2.70. The van der Waals surface area contributed by atoms with Gasteiger partial charge in [-0.2, -0.15) is 0 Å². The minimum Gasteiger partial charge on any atom is -0.486 e. The van der Waals surface area contributed by atoms with Crippen LogP contribution in [0.25, 0.3) is 0 Å². The first kappa shape index (κ1) is 25.6. The van der Waals surface area contributed by atoms with Crippen LogP contribution in [-0.2, 0) is 16.2 Å². The number of ether oxygens (including phenoxy) is 1. The molecule has 0 spiro atoms. The summed E-state index contributed by atoms with van der Waals surface area (Å²) >= 11 is 10.1. The van der Waals surface area contributed by atoms with Gasteiger partial charge in [0.15, 0.2) is 10.1 Å². The molecule has 3 aromatic rings. The van der Waals surface area contributed by atoms with Gasteiger partial charge in [-0.15, -0.1) is 22.0 Å². The van der Waals surface area contributed by atoms with E-state index in [-0.39, 0.29) is 18.1 Å². The Kier molecular flexibility index (Phi) is 7.47. The molecular weight excluding hydrogens is 560 g/mol. The molecule has 5 rings (SSSR count). The Morgan fingerprint density at radius 1 is 1.27 bits per heavy atom. The van der Waals surface area contributed by atoms with Crippen LogP contribution in [-0.4, -0.2) is 60.9 Å². The molecule has 4 heterocycles. The highest BCUT2D eigenvalue weighted by Gasteiger charge is 2.54. The van der Waals surface area contributed by atoms with Gasteiger partial charge in [0.25, 0.3) is 11.8 Å². The smallest absolute Gasteiger partial charge is 0.352 e. The molecule has 0 bridgehead atoms. The number of fused-ring (bicyclic) bond motifs is 1. The second-order valence-corrected chi connectivity index (χ2v) is 11.9. The average Bonchev–Trinajstić information content (AvgIpc) is 3.53. The number of furan rings is 1. The summed E-state index contributed by atoms with van der Waals surface area (Å²) in [6, 6.07) is 9.09. The third kappa shape index (κ3) is 5.49. The van der Waals surface area contributed by atoms with Gasteiger partial charge in [0.1, 0.15) is 40.2 Å². The Hall–Kier alpha value is -3.00. The molecule has 37 heavy (non-hydrogen) atoms. The van der Waals surface area contributed by atoms with Crippen molar-refractivity contribution in [3.05, 3.63) is 69.2 Å². The zero-order valence-electron chi connectivity index (χ0n) is 19.2. The maximum absolute atomic E-state index is 12.9. The molecule has 0 saturated carbocycles. The van der Waals surface area contributed by atoms with E-state index in [1.54, 1.807) is 30.3 Å². The first-order valence-electron chi connectivity index (χ1n) is 10.9. The number of carbonyl (C=O) groups is 3. The van der Waals surface area contributed by atoms with Crippen LogP contribution in [0.3, 0.4) is 0 Å². The Bertz CT molecular complexity index is 1390. The number of halogens is 1. The molecule has 2 N–H and O–H groups in total. The van der Waals surface area contributed by atoms with E-state index in [0.717, 1.165) is 9.35 Å². The number of nitrogens with one attached hydrogen (secondary N) is 1. The van der Waals surface area contributed by atoms with Crippen molar-refractivity contribution in [3.8, 4) is 5.75 Å². The van der Waals surface area contributed by atoms with Gasteiger partial charge < -0.3 is 19.6 Å². The predicted octanol–water partition coefficient (Wildman–Crippen LogP) is 3.82. The standard InChI is InChI=1S/C23H19ClN4O6S3/c1-11-26-27-23(37-11)36-10-12-9-35-21-17(20(30)28(21)18(12)22(31)32)25-19(29)16-7-6-15(34-16)8-33-14-4-2-13(24)3-5-14/h2-7,17,21H,8-10H2,1H3,(H,25,29)(H,31,32)/t17-,21+/m1/s1. The number of β-lactam (4-membered cyclic amide) rings is 1. The van der Waals surface area contributed by atoms with E-state index in [1.165, 1.54) is 45.8 Å². The number of carboxylic acids is 1. The number of carboxylic acid groups (broad SMARTS) is 1. The zero-order valence-corrected chi connectivity index (χ0v) is 22.4. The van der Waals surface area contributed by atoms with Gasteiger partial charge in [0.2, 0.25) is 0 Å². The molecule has 2 atom stereocenters. The molecule has 10 nitrogen and oxygen atoms in total. The summed E-state index contributed by atoms with van der Waals surface area (Å²) in [5, 5.41) is 21.4. The summed E-state index contributed by atoms with van der Waals surface area (Å²) < 4.78 is 11.9. The largest absolute Gasteiger partial charge is 0.486 e. The molecular formula is C23H19ClN4O6S3. The van der Waals surface area contributed by atoms with Gasteiger partial charge in [0, 0.05) is 16.5 Å². The lowest BCUT2D eigenvalue weighted by Gasteiger charge is -2.49. The molecule has 192 valence electrons. The fourth-order valence-electron chi connectivity index (χ4n) is 3.76. The van der Waals surface area contributed by atoms with Crippen molar-refractivity contribution in [2.75, 3.05) is 11.5 Å². The lowest BCUT2D eigenvalue weighted by molar-refractivity contribution is -0.148. The van der Waals surface area contributed by atoms with Crippen molar-refractivity contribution in [3.63, 3.8) is 0 Å². The van der Waals surface area contributed by atoms with Crippen LogP contribution in [0.4, 0.5) is 0 Å². The molecule has 0 unspecified atom stereocenters. The SMILES string of the molecule is Cc1nnc(SCC2=C(C(=O)O)N3C(=O)[C@@H](NC(=O)c4ccc(COc5ccc(Cl)cc5)o4)[C@@H]3SC2)s1. The third-order valence-corrected chi connectivity index (χ3v) is 9.14. The highest BCUT2D eigenvalue weighted by molar-refractivity contribution is 8.01. The van der Waals surface area contributed by atoms with Crippen LogP contribution in [0.15, 0.2) is 56.4 Å². The van der Waals surface area contributed by atoms with Crippen LogP contribution >= 0.6 is 46.5 Å². The predicted molar refractivity (Wildman–Crippen MR) is 139 cm³/mol. The van der Waals surface area contributed by atoms with Crippen LogP contribution < -0.4 is 10.1 Å². The molecule has 1 saturated heterocycles. The van der Waals surface area contributed by atoms with Gasteiger partial charge >= 0.3 is 5.97 Å². The molecule has 14 heteroatoms. The number of rotatable bonds is 9. The minimum absolute atomic E-state index is 0.0280. The molecule has 0 aliphatic carbocycles. The van der Waals surface area contributed by atoms with E-state index >= 15 is 0 Å². The van der Waals surface area contributed by atoms with Crippen molar-refractivity contribution in [2.24, 2.45) is 0 Å². The van der Waals surface area contributed by atoms with Gasteiger partial charge in [0.05, 0.1) is 0 Å². The van der Waals surface area contributed by atoms with Gasteiger partial charge in [-0.25, -0.2) is 4.79 Å². The Labute approximate surface area is 228 Å². The van der Waals surface area contributed by atoms with Crippen molar-refractivity contribution in [2.45, 2.75) is 29.3 Å². The number of aliphatic carboxylic acids is 1. The summed E-state index contributed by atoms with van der Waals surface area (Å²) in [5.41, 5.74) is 0.591. The van der Waals surface area contributed by atoms with Crippen molar-refractivity contribution in [1.82, 2.24) is 20.4 Å². The topological polar surface area (TPSA) is 135 Å². The second kappa shape index (κ2) is 10.8. The van der Waals surface area contributed by atoms with Crippen molar-refractivity contribution in [1.29, 1.82) is 0 Å². The summed E-state index contributed by atoms with van der Waals surface area (Å²) in [4.78, 5) is 38.9. The van der Waals surface area contributed by atoms with Gasteiger partial charge in [-0.3, -0.25) is 14.5 Å². The fraction of sp³-hybridized carbons (Fsp3) is 0.261. The van der Waals surface area contributed by atoms with Crippen molar-refractivity contribution < 1.29 is 28.6 Å². The van der Waals surface area contributed by atoms with E-state index in [0.29, 0.717) is 33.6 Å². The van der Waals surface area contributed by atoms with E-state index < -0.39 is 29.2 Å². The number of hydrogen-bond acceptors (Lipinski definition) is 10. The summed E-state index contributed by atoms with van der Waals surface area (Å²) in [7, 11) is 0.